The minimum atomic E-state index is -0.770. The van der Waals surface area contributed by atoms with Crippen molar-refractivity contribution in [3.05, 3.63) is 105 Å². The zero-order valence-corrected chi connectivity index (χ0v) is 13.9. The van der Waals surface area contributed by atoms with E-state index in [1.165, 1.54) is 0 Å². The number of Topliss-reactive ketones (excluding diaryl/α,β-unsaturated/α-hetero) is 1. The molecule has 27 heavy (non-hydrogen) atoms. The first-order chi connectivity index (χ1) is 13.1. The number of aliphatic hydroxyl groups excluding tert-OH is 1. The molecule has 0 saturated carbocycles. The van der Waals surface area contributed by atoms with Crippen molar-refractivity contribution in [2.75, 3.05) is 0 Å². The first kappa shape index (κ1) is 17.7. The predicted molar refractivity (Wildman–Crippen MR) is 99.0 cm³/mol. The van der Waals surface area contributed by atoms with Crippen LogP contribution in [0.3, 0.4) is 0 Å². The Morgan fingerprint density at radius 3 is 2.07 bits per heavy atom. The van der Waals surface area contributed by atoms with Crippen LogP contribution in [0.1, 0.15) is 15.9 Å². The second-order valence-electron chi connectivity index (χ2n) is 5.42. The summed E-state index contributed by atoms with van der Waals surface area (Å²) in [5, 5.41) is 18.1. The average molecular weight is 362 g/mol. The molecule has 0 unspecified atom stereocenters. The SMILES string of the molecule is O=C(/C(N=Nc1c[nH]c(=O)[nH]c1=O)=C(\O)c1ccccc1)c1ccccc1. The smallest absolute Gasteiger partial charge is 0.325 e. The minimum Gasteiger partial charge on any atom is -0.505 e. The number of hydrogen-bond acceptors (Lipinski definition) is 6. The van der Waals surface area contributed by atoms with Gasteiger partial charge in [-0.2, -0.15) is 0 Å². The van der Waals surface area contributed by atoms with E-state index in [0.717, 1.165) is 6.20 Å². The molecule has 0 aliphatic carbocycles. The average Bonchev–Trinajstić information content (AvgIpc) is 2.70. The van der Waals surface area contributed by atoms with Crippen molar-refractivity contribution < 1.29 is 9.90 Å². The van der Waals surface area contributed by atoms with Gasteiger partial charge in [-0.3, -0.25) is 14.6 Å². The maximum Gasteiger partial charge on any atom is 0.325 e. The van der Waals surface area contributed by atoms with E-state index >= 15 is 0 Å². The van der Waals surface area contributed by atoms with Crippen LogP contribution in [0.4, 0.5) is 5.69 Å². The molecule has 0 aliphatic rings. The van der Waals surface area contributed by atoms with Crippen molar-refractivity contribution in [2.45, 2.75) is 0 Å². The molecule has 0 amide bonds. The number of nitrogens with one attached hydrogen (secondary N) is 2. The molecule has 0 spiro atoms. The zero-order valence-electron chi connectivity index (χ0n) is 13.9. The summed E-state index contributed by atoms with van der Waals surface area (Å²) in [7, 11) is 0. The molecule has 0 aliphatic heterocycles. The Morgan fingerprint density at radius 1 is 0.889 bits per heavy atom. The summed E-state index contributed by atoms with van der Waals surface area (Å²) in [4.78, 5) is 39.9. The molecule has 3 rings (SSSR count). The molecule has 8 nitrogen and oxygen atoms in total. The largest absolute Gasteiger partial charge is 0.505 e. The summed E-state index contributed by atoms with van der Waals surface area (Å²) in [5.74, 6) is -0.949. The number of nitrogens with zero attached hydrogens (tertiary/aromatic N) is 2. The van der Waals surface area contributed by atoms with Crippen LogP contribution in [-0.4, -0.2) is 20.9 Å². The Hall–Kier alpha value is -4.07. The third-order valence-electron chi connectivity index (χ3n) is 3.58. The molecule has 1 aromatic heterocycles. The maximum atomic E-state index is 12.8. The number of rotatable bonds is 5. The normalized spacial score (nSPS) is 12.0. The van der Waals surface area contributed by atoms with Crippen LogP contribution >= 0.6 is 0 Å². The molecule has 134 valence electrons. The fraction of sp³-hybridized carbons (Fsp3) is 0. The van der Waals surface area contributed by atoms with E-state index in [9.17, 15) is 19.5 Å². The van der Waals surface area contributed by atoms with Crippen LogP contribution in [-0.2, 0) is 0 Å². The van der Waals surface area contributed by atoms with Gasteiger partial charge in [0.1, 0.15) is 0 Å². The summed E-state index contributed by atoms with van der Waals surface area (Å²) < 4.78 is 0. The molecule has 3 N–H and O–H groups in total. The van der Waals surface area contributed by atoms with Gasteiger partial charge < -0.3 is 10.1 Å². The highest BCUT2D eigenvalue weighted by atomic mass is 16.3. The third kappa shape index (κ3) is 4.13. The first-order valence-corrected chi connectivity index (χ1v) is 7.88. The second-order valence-corrected chi connectivity index (χ2v) is 5.42. The van der Waals surface area contributed by atoms with Gasteiger partial charge in [-0.15, -0.1) is 10.2 Å². The van der Waals surface area contributed by atoms with Crippen molar-refractivity contribution in [3.8, 4) is 0 Å². The van der Waals surface area contributed by atoms with Gasteiger partial charge in [0.2, 0.25) is 5.78 Å². The lowest BCUT2D eigenvalue weighted by Gasteiger charge is -2.06. The topological polar surface area (TPSA) is 128 Å². The van der Waals surface area contributed by atoms with E-state index in [1.807, 2.05) is 4.98 Å². The number of hydrogen-bond donors (Lipinski definition) is 3. The fourth-order valence-electron chi connectivity index (χ4n) is 2.24. The molecule has 0 atom stereocenters. The Morgan fingerprint density at radius 2 is 1.48 bits per heavy atom. The predicted octanol–water partition coefficient (Wildman–Crippen LogP) is 2.96. The minimum absolute atomic E-state index is 0.214. The van der Waals surface area contributed by atoms with Crippen LogP contribution in [0.5, 0.6) is 0 Å². The van der Waals surface area contributed by atoms with Gasteiger partial charge in [-0.25, -0.2) is 4.79 Å². The molecule has 3 aromatic rings. The van der Waals surface area contributed by atoms with Crippen molar-refractivity contribution in [1.29, 1.82) is 0 Å². The lowest BCUT2D eigenvalue weighted by molar-refractivity contribution is 0.103. The molecule has 0 fully saturated rings. The zero-order chi connectivity index (χ0) is 19.2. The van der Waals surface area contributed by atoms with Crippen molar-refractivity contribution in [1.82, 2.24) is 9.97 Å². The summed E-state index contributed by atoms with van der Waals surface area (Å²) in [6.45, 7) is 0. The first-order valence-electron chi connectivity index (χ1n) is 7.88. The van der Waals surface area contributed by atoms with Gasteiger partial charge in [0.25, 0.3) is 5.56 Å². The van der Waals surface area contributed by atoms with Crippen LogP contribution < -0.4 is 11.2 Å². The summed E-state index contributed by atoms with van der Waals surface area (Å²) >= 11 is 0. The number of ketones is 1. The van der Waals surface area contributed by atoms with Crippen LogP contribution in [0.2, 0.25) is 0 Å². The van der Waals surface area contributed by atoms with E-state index in [2.05, 4.69) is 15.2 Å². The van der Waals surface area contributed by atoms with Gasteiger partial charge in [0.05, 0.1) is 0 Å². The Labute approximate surface area is 152 Å². The van der Waals surface area contributed by atoms with Gasteiger partial charge in [0, 0.05) is 17.3 Å². The summed E-state index contributed by atoms with van der Waals surface area (Å²) in [5.41, 5.74) is -1.35. The molecule has 2 aromatic carbocycles. The van der Waals surface area contributed by atoms with Crippen LogP contribution in [0.15, 0.2) is 92.4 Å². The molecule has 0 radical (unpaired) electrons. The van der Waals surface area contributed by atoms with E-state index in [0.29, 0.717) is 11.1 Å². The Kier molecular flexibility index (Phi) is 5.17. The van der Waals surface area contributed by atoms with E-state index < -0.39 is 17.0 Å². The molecule has 0 saturated heterocycles. The monoisotopic (exact) mass is 362 g/mol. The number of allylic oxidation sites excluding steroid dienone is 1. The van der Waals surface area contributed by atoms with Crippen molar-refractivity contribution >= 4 is 17.2 Å². The van der Waals surface area contributed by atoms with Crippen LogP contribution in [0.25, 0.3) is 5.76 Å². The van der Waals surface area contributed by atoms with E-state index in [1.54, 1.807) is 60.7 Å². The molecule has 8 heteroatoms. The van der Waals surface area contributed by atoms with Gasteiger partial charge in [-0.1, -0.05) is 60.7 Å². The Bertz CT molecular complexity index is 1130. The summed E-state index contributed by atoms with van der Waals surface area (Å²) in [6, 6.07) is 16.6. The molecule has 0 bridgehead atoms. The molecule has 1 heterocycles. The number of H-pyrrole nitrogens is 2. The highest BCUT2D eigenvalue weighted by Crippen LogP contribution is 2.22. The highest BCUT2D eigenvalue weighted by molar-refractivity contribution is 6.12. The number of aromatic nitrogens is 2. The number of carbonyl (C=O) groups excluding carboxylic acids is 1. The van der Waals surface area contributed by atoms with Gasteiger partial charge in [-0.05, 0) is 0 Å². The number of carbonyl (C=O) groups is 1. The fourth-order valence-corrected chi connectivity index (χ4v) is 2.24. The highest BCUT2D eigenvalue weighted by Gasteiger charge is 2.18. The quantitative estimate of drug-likeness (QED) is 0.279. The number of aromatic amines is 2. The maximum absolute atomic E-state index is 12.8. The standard InChI is InChI=1S/C19H14N4O4/c24-16(12-7-3-1-4-8-12)15(17(25)13-9-5-2-6-10-13)23-22-14-11-20-19(27)21-18(14)26/h1-11,24H,(H2,20,21,26,27)/b16-15+,23-22?. The summed E-state index contributed by atoms with van der Waals surface area (Å²) in [6.07, 6.45) is 1.06. The van der Waals surface area contributed by atoms with Gasteiger partial charge >= 0.3 is 5.69 Å². The lowest BCUT2D eigenvalue weighted by atomic mass is 10.1. The lowest BCUT2D eigenvalue weighted by Crippen LogP contribution is -2.20. The van der Waals surface area contributed by atoms with Crippen LogP contribution in [0, 0.1) is 0 Å². The second kappa shape index (κ2) is 7.87. The van der Waals surface area contributed by atoms with Crippen molar-refractivity contribution in [2.24, 2.45) is 10.2 Å². The number of benzene rings is 2. The third-order valence-corrected chi connectivity index (χ3v) is 3.58. The van der Waals surface area contributed by atoms with Crippen molar-refractivity contribution in [3.63, 3.8) is 0 Å². The van der Waals surface area contributed by atoms with E-state index in [4.69, 9.17) is 0 Å². The number of azo groups is 1. The Balaban J connectivity index is 2.10. The molecular weight excluding hydrogens is 348 g/mol. The number of aliphatic hydroxyl groups is 1. The van der Waals surface area contributed by atoms with E-state index in [-0.39, 0.29) is 17.1 Å². The molecular formula is C19H14N4O4. The van der Waals surface area contributed by atoms with Gasteiger partial charge in [0.15, 0.2) is 17.1 Å².